The van der Waals surface area contributed by atoms with Gasteiger partial charge >= 0.3 is 11.9 Å². The molecule has 0 fully saturated rings. The molecule has 0 heterocycles. The van der Waals surface area contributed by atoms with Gasteiger partial charge < -0.3 is 9.47 Å². The van der Waals surface area contributed by atoms with E-state index in [1.54, 1.807) is 13.8 Å². The van der Waals surface area contributed by atoms with Crippen LogP contribution >= 0.6 is 0 Å². The summed E-state index contributed by atoms with van der Waals surface area (Å²) in [7, 11) is 0. The lowest BCUT2D eigenvalue weighted by Crippen LogP contribution is -2.49. The number of ether oxygens (including phenoxy) is 2. The molecule has 0 aliphatic carbocycles. The summed E-state index contributed by atoms with van der Waals surface area (Å²) >= 11 is 0. The highest BCUT2D eigenvalue weighted by molar-refractivity contribution is 5.99. The Hall–Kier alpha value is -1.98. The first kappa shape index (κ1) is 16.0. The van der Waals surface area contributed by atoms with E-state index in [4.69, 9.17) is 22.3 Å². The minimum atomic E-state index is -1.21. The number of terminal acetylenes is 2. The first-order valence-corrected chi connectivity index (χ1v) is 5.56. The molecule has 0 aromatic heterocycles. The first-order chi connectivity index (χ1) is 8.62. The van der Waals surface area contributed by atoms with Gasteiger partial charge in [0, 0.05) is 0 Å². The average Bonchev–Trinajstić information content (AvgIpc) is 2.30. The van der Waals surface area contributed by atoms with E-state index in [9.17, 15) is 9.59 Å². The summed E-state index contributed by atoms with van der Waals surface area (Å²) in [6.07, 6.45) is 10.4. The number of carbonyl (C=O) groups excluding carboxylic acids is 2. The van der Waals surface area contributed by atoms with E-state index in [2.05, 4.69) is 11.8 Å². The first-order valence-electron chi connectivity index (χ1n) is 5.56. The van der Waals surface area contributed by atoms with Crippen LogP contribution in [0.4, 0.5) is 0 Å². The van der Waals surface area contributed by atoms with Crippen LogP contribution in [0, 0.1) is 24.7 Å². The lowest BCUT2D eigenvalue weighted by molar-refractivity contribution is -0.162. The van der Waals surface area contributed by atoms with Crippen molar-refractivity contribution in [2.24, 2.45) is 0 Å². The van der Waals surface area contributed by atoms with Crippen LogP contribution in [0.5, 0.6) is 0 Å². The topological polar surface area (TPSA) is 55.8 Å². The third kappa shape index (κ3) is 4.90. The molecule has 0 aliphatic rings. The number of nitrogens with zero attached hydrogens (tertiary/aromatic N) is 1. The molecule has 18 heavy (non-hydrogen) atoms. The molecule has 98 valence electrons. The quantitative estimate of drug-likeness (QED) is 0.363. The zero-order chi connectivity index (χ0) is 14.0. The average molecular weight is 251 g/mol. The molecule has 0 spiro atoms. The van der Waals surface area contributed by atoms with E-state index in [0.29, 0.717) is 0 Å². The molecule has 0 saturated heterocycles. The second kappa shape index (κ2) is 9.09. The number of carbonyl (C=O) groups is 2. The second-order valence-corrected chi connectivity index (χ2v) is 3.22. The number of rotatable bonds is 7. The van der Waals surface area contributed by atoms with Crippen LogP contribution in [0.15, 0.2) is 0 Å². The van der Waals surface area contributed by atoms with Crippen molar-refractivity contribution in [3.05, 3.63) is 0 Å². The molecule has 0 aromatic rings. The van der Waals surface area contributed by atoms with Crippen molar-refractivity contribution >= 4 is 11.9 Å². The summed E-state index contributed by atoms with van der Waals surface area (Å²) < 4.78 is 9.65. The van der Waals surface area contributed by atoms with Crippen LogP contribution in [0.25, 0.3) is 0 Å². The van der Waals surface area contributed by atoms with Gasteiger partial charge in [-0.2, -0.15) is 0 Å². The van der Waals surface area contributed by atoms with Gasteiger partial charge in [0.1, 0.15) is 0 Å². The van der Waals surface area contributed by atoms with Crippen molar-refractivity contribution < 1.29 is 19.1 Å². The van der Waals surface area contributed by atoms with Crippen molar-refractivity contribution in [3.8, 4) is 24.7 Å². The summed E-state index contributed by atoms with van der Waals surface area (Å²) in [6.45, 7) is 3.74. The highest BCUT2D eigenvalue weighted by Crippen LogP contribution is 2.05. The second-order valence-electron chi connectivity index (χ2n) is 3.22. The molecule has 0 radical (unpaired) electrons. The number of esters is 2. The molecule has 0 bridgehead atoms. The Morgan fingerprint density at radius 2 is 1.44 bits per heavy atom. The molecule has 5 heteroatoms. The van der Waals surface area contributed by atoms with Crippen molar-refractivity contribution in [3.63, 3.8) is 0 Å². The van der Waals surface area contributed by atoms with Crippen molar-refractivity contribution in [1.29, 1.82) is 0 Å². The fraction of sp³-hybridized carbons (Fsp3) is 0.538. The lowest BCUT2D eigenvalue weighted by Gasteiger charge is -2.24. The van der Waals surface area contributed by atoms with Crippen molar-refractivity contribution in [1.82, 2.24) is 4.90 Å². The van der Waals surface area contributed by atoms with E-state index < -0.39 is 18.0 Å². The molecule has 5 nitrogen and oxygen atoms in total. The Balaban J connectivity index is 5.03. The van der Waals surface area contributed by atoms with Crippen LogP contribution in [-0.4, -0.2) is 49.2 Å². The SMILES string of the molecule is C#CCN(CC#C)C(C(=O)OCC)C(=O)OCC. The third-order valence-electron chi connectivity index (χ3n) is 1.97. The Morgan fingerprint density at radius 3 is 1.72 bits per heavy atom. The summed E-state index contributed by atoms with van der Waals surface area (Å²) in [5, 5.41) is 0. The van der Waals surface area contributed by atoms with Crippen LogP contribution in [0.1, 0.15) is 13.8 Å². The highest BCUT2D eigenvalue weighted by atomic mass is 16.6. The largest absolute Gasteiger partial charge is 0.464 e. The van der Waals surface area contributed by atoms with E-state index in [1.807, 2.05) is 0 Å². The summed E-state index contributed by atoms with van der Waals surface area (Å²) in [6, 6.07) is -1.21. The Labute approximate surface area is 107 Å². The smallest absolute Gasteiger partial charge is 0.335 e. The maximum Gasteiger partial charge on any atom is 0.335 e. The summed E-state index contributed by atoms with van der Waals surface area (Å²) in [5.74, 6) is 3.27. The monoisotopic (exact) mass is 251 g/mol. The van der Waals surface area contributed by atoms with E-state index in [1.165, 1.54) is 4.90 Å². The predicted molar refractivity (Wildman–Crippen MR) is 66.3 cm³/mol. The normalized spacial score (nSPS) is 9.67. The van der Waals surface area contributed by atoms with Gasteiger partial charge in [-0.25, -0.2) is 9.59 Å². The molecule has 0 saturated carbocycles. The number of hydrogen-bond acceptors (Lipinski definition) is 5. The minimum absolute atomic E-state index is 0.0620. The molecule has 0 aliphatic heterocycles. The summed E-state index contributed by atoms with van der Waals surface area (Å²) in [4.78, 5) is 24.9. The molecular weight excluding hydrogens is 234 g/mol. The van der Waals surface area contributed by atoms with Crippen molar-refractivity contribution in [2.45, 2.75) is 19.9 Å². The van der Waals surface area contributed by atoms with E-state index in [0.717, 1.165) is 0 Å². The van der Waals surface area contributed by atoms with Gasteiger partial charge in [-0.15, -0.1) is 12.8 Å². The van der Waals surface area contributed by atoms with E-state index >= 15 is 0 Å². The van der Waals surface area contributed by atoms with Gasteiger partial charge in [0.05, 0.1) is 26.3 Å². The van der Waals surface area contributed by atoms with Gasteiger partial charge in [-0.1, -0.05) is 11.8 Å². The van der Waals surface area contributed by atoms with Gasteiger partial charge in [-0.05, 0) is 13.8 Å². The van der Waals surface area contributed by atoms with Gasteiger partial charge in [0.25, 0.3) is 0 Å². The van der Waals surface area contributed by atoms with Gasteiger partial charge in [0.2, 0.25) is 6.04 Å². The number of hydrogen-bond donors (Lipinski definition) is 0. The maximum absolute atomic E-state index is 11.7. The van der Waals surface area contributed by atoms with Gasteiger partial charge in [0.15, 0.2) is 0 Å². The molecule has 0 N–H and O–H groups in total. The lowest BCUT2D eigenvalue weighted by atomic mass is 10.2. The molecular formula is C13H17NO4. The minimum Gasteiger partial charge on any atom is -0.464 e. The van der Waals surface area contributed by atoms with Crippen molar-refractivity contribution in [2.75, 3.05) is 26.3 Å². The van der Waals surface area contributed by atoms with Crippen LogP contribution in [0.3, 0.4) is 0 Å². The molecule has 0 aromatic carbocycles. The Kier molecular flexibility index (Phi) is 8.09. The summed E-state index contributed by atoms with van der Waals surface area (Å²) in [5.41, 5.74) is 0. The van der Waals surface area contributed by atoms with Gasteiger partial charge in [-0.3, -0.25) is 4.90 Å². The molecule has 0 atom stereocenters. The zero-order valence-electron chi connectivity index (χ0n) is 10.6. The van der Waals surface area contributed by atoms with Crippen LogP contribution < -0.4 is 0 Å². The zero-order valence-corrected chi connectivity index (χ0v) is 10.6. The standard InChI is InChI=1S/C13H17NO4/c1-5-9-14(10-6-2)11(12(15)17-7-3)13(16)18-8-4/h1-2,11H,7-10H2,3-4H3. The molecule has 0 unspecified atom stereocenters. The highest BCUT2D eigenvalue weighted by Gasteiger charge is 2.34. The van der Waals surface area contributed by atoms with Crippen LogP contribution in [-0.2, 0) is 19.1 Å². The predicted octanol–water partition coefficient (Wildman–Crippen LogP) is 0.0496. The third-order valence-corrected chi connectivity index (χ3v) is 1.97. The fourth-order valence-electron chi connectivity index (χ4n) is 1.31. The van der Waals surface area contributed by atoms with E-state index in [-0.39, 0.29) is 26.3 Å². The molecule has 0 amide bonds. The fourth-order valence-corrected chi connectivity index (χ4v) is 1.31. The molecule has 0 rings (SSSR count). The Morgan fingerprint density at radius 1 is 1.06 bits per heavy atom. The van der Waals surface area contributed by atoms with Crippen LogP contribution in [0.2, 0.25) is 0 Å². The maximum atomic E-state index is 11.7. The Bertz CT molecular complexity index is 330.